The molecular weight excluding hydrogens is 534 g/mol. The van der Waals surface area contributed by atoms with Crippen LogP contribution in [0.2, 0.25) is 0 Å². The monoisotopic (exact) mass is 566 g/mol. The number of tetrazole rings is 1. The van der Waals surface area contributed by atoms with Gasteiger partial charge in [0.25, 0.3) is 5.95 Å². The minimum absolute atomic E-state index is 0.129. The summed E-state index contributed by atoms with van der Waals surface area (Å²) in [5.41, 5.74) is 1.37. The summed E-state index contributed by atoms with van der Waals surface area (Å²) in [6.45, 7) is 5.53. The fourth-order valence-corrected chi connectivity index (χ4v) is 5.63. The summed E-state index contributed by atoms with van der Waals surface area (Å²) in [6, 6.07) is 5.56. The Labute approximate surface area is 229 Å². The van der Waals surface area contributed by atoms with Crippen LogP contribution in [0.25, 0.3) is 0 Å². The van der Waals surface area contributed by atoms with E-state index in [2.05, 4.69) is 32.4 Å². The molecular formula is C28H32F6N6. The van der Waals surface area contributed by atoms with Crippen LogP contribution in [0.1, 0.15) is 71.5 Å². The number of fused-ring (bicyclic) bond motifs is 1. The van der Waals surface area contributed by atoms with Gasteiger partial charge in [-0.05, 0) is 97.2 Å². The molecule has 1 saturated carbocycles. The highest BCUT2D eigenvalue weighted by molar-refractivity contribution is 5.61. The predicted octanol–water partition coefficient (Wildman–Crippen LogP) is 7.01. The summed E-state index contributed by atoms with van der Waals surface area (Å²) in [5.74, 6) is 0.768. The van der Waals surface area contributed by atoms with E-state index in [1.54, 1.807) is 11.9 Å². The summed E-state index contributed by atoms with van der Waals surface area (Å²) < 4.78 is 81.9. The lowest BCUT2D eigenvalue weighted by Crippen LogP contribution is -2.33. The fourth-order valence-electron chi connectivity index (χ4n) is 5.63. The topological polar surface area (TPSA) is 50.1 Å². The lowest BCUT2D eigenvalue weighted by molar-refractivity contribution is -0.143. The summed E-state index contributed by atoms with van der Waals surface area (Å²) in [4.78, 5) is 5.32. The van der Waals surface area contributed by atoms with Gasteiger partial charge in [0, 0.05) is 25.3 Å². The maximum Gasteiger partial charge on any atom is 0.416 e. The molecule has 0 bridgehead atoms. The van der Waals surface area contributed by atoms with Crippen LogP contribution in [-0.4, -0.2) is 33.3 Å². The maximum absolute atomic E-state index is 13.6. The number of rotatable bonds is 6. The highest BCUT2D eigenvalue weighted by Crippen LogP contribution is 2.42. The molecule has 40 heavy (non-hydrogen) atoms. The zero-order chi connectivity index (χ0) is 28.8. The minimum atomic E-state index is -4.93. The maximum atomic E-state index is 13.6. The molecule has 1 aromatic heterocycles. The molecule has 1 aliphatic heterocycles. The van der Waals surface area contributed by atoms with Crippen LogP contribution in [-0.2, 0) is 25.9 Å². The molecule has 3 aromatic rings. The standard InChI is InChI=1S/C28H32F6N6/c1-17-10-23-24(8-5-9-39(15-19-6-4-7-19)25(23)11-18(17)2)40(26-35-37-38(3)36-26)16-20-12-21(27(29,30)31)14-22(13-20)28(32,33)34/h10-14,19,24H,4-9,15-16H2,1-3H3/t24-/m0/s1. The van der Waals surface area contributed by atoms with E-state index in [1.807, 2.05) is 13.8 Å². The van der Waals surface area contributed by atoms with Gasteiger partial charge in [0.15, 0.2) is 0 Å². The number of halogens is 6. The van der Waals surface area contributed by atoms with Gasteiger partial charge in [-0.1, -0.05) is 17.6 Å². The van der Waals surface area contributed by atoms with Crippen molar-refractivity contribution in [2.45, 2.75) is 70.9 Å². The Bertz CT molecular complexity index is 1330. The average molecular weight is 567 g/mol. The third kappa shape index (κ3) is 5.90. The second kappa shape index (κ2) is 10.6. The molecule has 0 radical (unpaired) electrons. The molecule has 0 unspecified atom stereocenters. The van der Waals surface area contributed by atoms with Crippen molar-refractivity contribution in [1.29, 1.82) is 0 Å². The molecule has 12 heteroatoms. The molecule has 1 fully saturated rings. The van der Waals surface area contributed by atoms with Crippen molar-refractivity contribution in [3.63, 3.8) is 0 Å². The van der Waals surface area contributed by atoms with Crippen LogP contribution >= 0.6 is 0 Å². The van der Waals surface area contributed by atoms with Crippen LogP contribution in [0.15, 0.2) is 30.3 Å². The third-order valence-corrected chi connectivity index (χ3v) is 8.08. The van der Waals surface area contributed by atoms with Crippen molar-refractivity contribution in [3.05, 3.63) is 63.7 Å². The summed E-state index contributed by atoms with van der Waals surface area (Å²) in [7, 11) is 1.57. The number of benzene rings is 2. The van der Waals surface area contributed by atoms with E-state index in [0.29, 0.717) is 12.3 Å². The molecule has 2 heterocycles. The number of nitrogens with zero attached hydrogens (tertiary/aromatic N) is 6. The van der Waals surface area contributed by atoms with Crippen LogP contribution in [0.5, 0.6) is 0 Å². The van der Waals surface area contributed by atoms with Gasteiger partial charge in [-0.3, -0.25) is 0 Å². The normalized spacial score (nSPS) is 18.3. The second-order valence-corrected chi connectivity index (χ2v) is 11.0. The van der Waals surface area contributed by atoms with Crippen molar-refractivity contribution >= 4 is 11.6 Å². The lowest BCUT2D eigenvalue weighted by Gasteiger charge is -2.36. The van der Waals surface area contributed by atoms with Gasteiger partial charge in [0.2, 0.25) is 0 Å². The summed E-state index contributed by atoms with van der Waals surface area (Å²) >= 11 is 0. The lowest BCUT2D eigenvalue weighted by atomic mass is 9.85. The number of alkyl halides is 6. The third-order valence-electron chi connectivity index (χ3n) is 8.08. The van der Waals surface area contributed by atoms with Gasteiger partial charge in [0.05, 0.1) is 24.2 Å². The van der Waals surface area contributed by atoms with Crippen molar-refractivity contribution in [3.8, 4) is 0 Å². The minimum Gasteiger partial charge on any atom is -0.371 e. The largest absolute Gasteiger partial charge is 0.416 e. The molecule has 0 amide bonds. The van der Waals surface area contributed by atoms with Gasteiger partial charge in [-0.25, -0.2) is 0 Å². The highest BCUT2D eigenvalue weighted by Gasteiger charge is 2.38. The molecule has 1 aliphatic carbocycles. The average Bonchev–Trinajstić information content (AvgIpc) is 3.20. The zero-order valence-corrected chi connectivity index (χ0v) is 22.6. The molecule has 0 spiro atoms. The number of anilines is 2. The molecule has 5 rings (SSSR count). The first-order valence-corrected chi connectivity index (χ1v) is 13.4. The Balaban J connectivity index is 1.61. The zero-order valence-electron chi connectivity index (χ0n) is 22.6. The number of aromatic nitrogens is 4. The van der Waals surface area contributed by atoms with E-state index in [9.17, 15) is 26.3 Å². The Hall–Kier alpha value is -3.31. The van der Waals surface area contributed by atoms with E-state index in [-0.39, 0.29) is 30.2 Å². The Morgan fingerprint density at radius 3 is 2.08 bits per heavy atom. The highest BCUT2D eigenvalue weighted by atomic mass is 19.4. The van der Waals surface area contributed by atoms with Gasteiger partial charge in [-0.15, -0.1) is 5.10 Å². The van der Waals surface area contributed by atoms with E-state index >= 15 is 0 Å². The van der Waals surface area contributed by atoms with Crippen molar-refractivity contribution < 1.29 is 26.3 Å². The van der Waals surface area contributed by atoms with Gasteiger partial charge in [0.1, 0.15) is 0 Å². The van der Waals surface area contributed by atoms with Crippen LogP contribution in [0.4, 0.5) is 38.0 Å². The van der Waals surface area contributed by atoms with Crippen LogP contribution in [0.3, 0.4) is 0 Å². The number of aryl methyl sites for hydroxylation is 3. The Morgan fingerprint density at radius 2 is 1.52 bits per heavy atom. The molecule has 2 aliphatic rings. The smallest absolute Gasteiger partial charge is 0.371 e. The van der Waals surface area contributed by atoms with Gasteiger partial charge < -0.3 is 9.80 Å². The van der Waals surface area contributed by atoms with E-state index in [4.69, 9.17) is 0 Å². The predicted molar refractivity (Wildman–Crippen MR) is 139 cm³/mol. The number of hydrogen-bond acceptors (Lipinski definition) is 5. The molecule has 0 N–H and O–H groups in total. The quantitative estimate of drug-likeness (QED) is 0.301. The molecule has 6 nitrogen and oxygen atoms in total. The molecule has 2 aromatic carbocycles. The van der Waals surface area contributed by atoms with E-state index in [1.165, 1.54) is 24.1 Å². The first kappa shape index (κ1) is 28.2. The first-order chi connectivity index (χ1) is 18.8. The molecule has 216 valence electrons. The molecule has 0 saturated heterocycles. The Morgan fingerprint density at radius 1 is 0.875 bits per heavy atom. The van der Waals surface area contributed by atoms with E-state index < -0.39 is 23.5 Å². The fraction of sp³-hybridized carbons (Fsp3) is 0.536. The van der Waals surface area contributed by atoms with Crippen molar-refractivity contribution in [1.82, 2.24) is 20.2 Å². The SMILES string of the molecule is Cc1cc2c(cc1C)N(CC1CCC1)CCC[C@@H]2N(Cc1cc(C(F)(F)F)cc(C(F)(F)F)c1)c1nnn(C)n1. The van der Waals surface area contributed by atoms with Crippen LogP contribution in [0, 0.1) is 19.8 Å². The first-order valence-electron chi connectivity index (χ1n) is 13.4. The van der Waals surface area contributed by atoms with Gasteiger partial charge in [-0.2, -0.15) is 31.1 Å². The van der Waals surface area contributed by atoms with Crippen molar-refractivity contribution in [2.75, 3.05) is 22.9 Å². The Kier molecular flexibility index (Phi) is 7.47. The summed E-state index contributed by atoms with van der Waals surface area (Å²) in [6.07, 6.45) is -4.85. The summed E-state index contributed by atoms with van der Waals surface area (Å²) in [5, 5.41) is 12.4. The van der Waals surface area contributed by atoms with Crippen molar-refractivity contribution in [2.24, 2.45) is 13.0 Å². The number of hydrogen-bond donors (Lipinski definition) is 0. The van der Waals surface area contributed by atoms with Crippen LogP contribution < -0.4 is 9.80 Å². The molecule has 1 atom stereocenters. The second-order valence-electron chi connectivity index (χ2n) is 11.0. The van der Waals surface area contributed by atoms with Gasteiger partial charge >= 0.3 is 12.4 Å². The van der Waals surface area contributed by atoms with E-state index in [0.717, 1.165) is 54.0 Å².